The largest absolute Gasteiger partial charge is 0.535 e. The molecule has 1 heterocycles. The second kappa shape index (κ2) is 12.1. The van der Waals surface area contributed by atoms with Crippen LogP contribution in [-0.4, -0.2) is 49.7 Å². The molecule has 0 amide bonds. The molecule has 1 aliphatic rings. The highest BCUT2D eigenvalue weighted by molar-refractivity contribution is 6.47. The summed E-state index contributed by atoms with van der Waals surface area (Å²) in [4.78, 5) is 46.8. The lowest BCUT2D eigenvalue weighted by Gasteiger charge is -2.28. The van der Waals surface area contributed by atoms with Gasteiger partial charge in [-0.05, 0) is 30.9 Å². The van der Waals surface area contributed by atoms with Crippen LogP contribution in [0.3, 0.4) is 0 Å². The minimum Gasteiger partial charge on any atom is -0.535 e. The number of ether oxygens (including phenoxy) is 3. The van der Waals surface area contributed by atoms with E-state index in [4.69, 9.17) is 14.1 Å². The third kappa shape index (κ3) is 7.39. The monoisotopic (exact) mass is 434 g/mol. The van der Waals surface area contributed by atoms with Gasteiger partial charge in [-0.25, -0.2) is 4.79 Å². The highest BCUT2D eigenvalue weighted by Gasteiger charge is 2.37. The quantitative estimate of drug-likeness (QED) is 0.242. The van der Waals surface area contributed by atoms with Crippen molar-refractivity contribution in [3.8, 4) is 5.75 Å². The lowest BCUT2D eigenvalue weighted by atomic mass is 9.64. The van der Waals surface area contributed by atoms with E-state index in [2.05, 4.69) is 4.74 Å². The molecule has 0 fully saturated rings. The number of carbonyl (C=O) groups is 4. The first-order valence-corrected chi connectivity index (χ1v) is 10.2. The predicted molar refractivity (Wildman–Crippen MR) is 109 cm³/mol. The van der Waals surface area contributed by atoms with Crippen molar-refractivity contribution in [2.75, 3.05) is 13.9 Å². The van der Waals surface area contributed by atoms with Crippen molar-refractivity contribution >= 4 is 30.8 Å². The number of esters is 3. The second-order valence-corrected chi connectivity index (χ2v) is 7.21. The van der Waals surface area contributed by atoms with E-state index < -0.39 is 25.8 Å². The Labute approximate surface area is 181 Å². The van der Waals surface area contributed by atoms with Gasteiger partial charge in [-0.3, -0.25) is 14.4 Å². The first-order valence-electron chi connectivity index (χ1n) is 10.2. The Balaban J connectivity index is 1.84. The summed E-state index contributed by atoms with van der Waals surface area (Å²) in [5.41, 5.74) is 0.794. The van der Waals surface area contributed by atoms with Crippen LogP contribution >= 0.6 is 0 Å². The highest BCUT2D eigenvalue weighted by atomic mass is 16.7. The number of hydrogen-bond donors (Lipinski definition) is 1. The van der Waals surface area contributed by atoms with Crippen LogP contribution in [0.4, 0.5) is 0 Å². The standard InChI is InChI=1S/C21H27BO9/c1-3-16(23)12-15-11-14-7-6-8-17(20(14)31-22(15)27)21(26)30-13-29-19(25)10-5-4-9-18(24)28-2/h6-8,15,27H,3-5,9-13H2,1-2H3/t15-/m1/s1. The first kappa shape index (κ1) is 24.4. The molecule has 0 saturated heterocycles. The molecule has 9 nitrogen and oxygen atoms in total. The molecule has 1 atom stereocenters. The number of rotatable bonds is 11. The van der Waals surface area contributed by atoms with Gasteiger partial charge in [-0.15, -0.1) is 0 Å². The molecule has 0 saturated carbocycles. The molecule has 2 rings (SSSR count). The summed E-state index contributed by atoms with van der Waals surface area (Å²) in [6, 6.07) is 4.90. The summed E-state index contributed by atoms with van der Waals surface area (Å²) in [7, 11) is 0.0894. The molecular formula is C21H27BO9. The fourth-order valence-electron chi connectivity index (χ4n) is 3.19. The number of methoxy groups -OCH3 is 1. The van der Waals surface area contributed by atoms with Gasteiger partial charge < -0.3 is 23.9 Å². The van der Waals surface area contributed by atoms with Crippen LogP contribution < -0.4 is 4.65 Å². The highest BCUT2D eigenvalue weighted by Crippen LogP contribution is 2.36. The predicted octanol–water partition coefficient (Wildman–Crippen LogP) is 2.23. The number of ketones is 1. The lowest BCUT2D eigenvalue weighted by Crippen LogP contribution is -2.35. The zero-order valence-electron chi connectivity index (χ0n) is 17.8. The number of carbonyl (C=O) groups excluding carboxylic acids is 4. The Morgan fingerprint density at radius 3 is 2.52 bits per heavy atom. The van der Waals surface area contributed by atoms with Crippen LogP contribution in [0.25, 0.3) is 0 Å². The fourth-order valence-corrected chi connectivity index (χ4v) is 3.19. The van der Waals surface area contributed by atoms with Gasteiger partial charge >= 0.3 is 25.0 Å². The summed E-state index contributed by atoms with van der Waals surface area (Å²) in [5.74, 6) is -1.81. The van der Waals surface area contributed by atoms with Gasteiger partial charge in [0.1, 0.15) is 17.1 Å². The number of benzene rings is 1. The Hall–Kier alpha value is -2.88. The van der Waals surface area contributed by atoms with Crippen molar-refractivity contribution < 1.29 is 43.1 Å². The van der Waals surface area contributed by atoms with Gasteiger partial charge in [0.05, 0.1) is 7.11 Å². The zero-order chi connectivity index (χ0) is 22.8. The van der Waals surface area contributed by atoms with E-state index in [0.717, 1.165) is 0 Å². The molecule has 0 bridgehead atoms. The zero-order valence-corrected chi connectivity index (χ0v) is 17.8. The van der Waals surface area contributed by atoms with Gasteiger partial charge in [0.2, 0.25) is 6.79 Å². The number of para-hydroxylation sites is 1. The maximum absolute atomic E-state index is 12.4. The van der Waals surface area contributed by atoms with E-state index in [0.29, 0.717) is 31.2 Å². The number of fused-ring (bicyclic) bond motifs is 1. The van der Waals surface area contributed by atoms with Crippen LogP contribution in [0.15, 0.2) is 18.2 Å². The molecule has 1 aromatic carbocycles. The lowest BCUT2D eigenvalue weighted by molar-refractivity contribution is -0.152. The Morgan fingerprint density at radius 1 is 1.13 bits per heavy atom. The number of Topliss-reactive ketones (excluding diaryl/α,β-unsaturated/α-hetero) is 1. The van der Waals surface area contributed by atoms with E-state index >= 15 is 0 Å². The van der Waals surface area contributed by atoms with Gasteiger partial charge in [-0.1, -0.05) is 19.1 Å². The Morgan fingerprint density at radius 2 is 1.84 bits per heavy atom. The van der Waals surface area contributed by atoms with E-state index in [1.165, 1.54) is 13.2 Å². The Bertz CT molecular complexity index is 808. The molecule has 0 radical (unpaired) electrons. The molecule has 0 unspecified atom stereocenters. The van der Waals surface area contributed by atoms with Gasteiger partial charge in [0.25, 0.3) is 0 Å². The molecule has 0 spiro atoms. The third-order valence-corrected chi connectivity index (χ3v) is 4.97. The van der Waals surface area contributed by atoms with E-state index in [9.17, 15) is 24.2 Å². The third-order valence-electron chi connectivity index (χ3n) is 4.97. The van der Waals surface area contributed by atoms with Crippen molar-refractivity contribution in [3.05, 3.63) is 29.3 Å². The van der Waals surface area contributed by atoms with E-state index in [-0.39, 0.29) is 48.1 Å². The maximum Gasteiger partial charge on any atom is 0.526 e. The molecule has 168 valence electrons. The van der Waals surface area contributed by atoms with Crippen molar-refractivity contribution in [3.63, 3.8) is 0 Å². The summed E-state index contributed by atoms with van der Waals surface area (Å²) in [6.45, 7) is 1.20. The second-order valence-electron chi connectivity index (χ2n) is 7.21. The Kier molecular flexibility index (Phi) is 9.52. The fraction of sp³-hybridized carbons (Fsp3) is 0.524. The molecule has 10 heteroatoms. The summed E-state index contributed by atoms with van der Waals surface area (Å²) in [5, 5.41) is 10.2. The molecule has 1 N–H and O–H groups in total. The summed E-state index contributed by atoms with van der Waals surface area (Å²) >= 11 is 0. The number of unbranched alkanes of at least 4 members (excludes halogenated alkanes) is 1. The van der Waals surface area contributed by atoms with Crippen LogP contribution in [0.1, 0.15) is 61.4 Å². The maximum atomic E-state index is 12.4. The molecule has 1 aromatic rings. The molecule has 1 aliphatic heterocycles. The van der Waals surface area contributed by atoms with Crippen molar-refractivity contribution in [1.29, 1.82) is 0 Å². The SMILES string of the molecule is CCC(=O)C[C@H]1Cc2cccc(C(=O)OCOC(=O)CCCCC(=O)OC)c2OB1O. The van der Waals surface area contributed by atoms with Crippen LogP contribution in [0, 0.1) is 0 Å². The van der Waals surface area contributed by atoms with E-state index in [1.54, 1.807) is 19.1 Å². The van der Waals surface area contributed by atoms with Crippen LogP contribution in [0.2, 0.25) is 5.82 Å². The average molecular weight is 434 g/mol. The average Bonchev–Trinajstić information content (AvgIpc) is 2.76. The van der Waals surface area contributed by atoms with Gasteiger partial charge in [0.15, 0.2) is 0 Å². The minimum atomic E-state index is -1.21. The normalized spacial score (nSPS) is 14.8. The van der Waals surface area contributed by atoms with E-state index in [1.807, 2.05) is 0 Å². The topological polar surface area (TPSA) is 125 Å². The first-order chi connectivity index (χ1) is 14.8. The molecule has 31 heavy (non-hydrogen) atoms. The van der Waals surface area contributed by atoms with Crippen molar-refractivity contribution in [2.24, 2.45) is 0 Å². The molecular weight excluding hydrogens is 407 g/mol. The van der Waals surface area contributed by atoms with Crippen LogP contribution in [-0.2, 0) is 35.0 Å². The van der Waals surface area contributed by atoms with Crippen molar-refractivity contribution in [2.45, 2.75) is 57.7 Å². The summed E-state index contributed by atoms with van der Waals surface area (Å²) < 4.78 is 19.9. The molecule has 0 aromatic heterocycles. The molecule has 0 aliphatic carbocycles. The van der Waals surface area contributed by atoms with Gasteiger partial charge in [0, 0.05) is 31.5 Å². The van der Waals surface area contributed by atoms with Crippen LogP contribution in [0.5, 0.6) is 5.75 Å². The summed E-state index contributed by atoms with van der Waals surface area (Å²) in [6.07, 6.45) is 2.21. The van der Waals surface area contributed by atoms with Gasteiger partial charge in [-0.2, -0.15) is 0 Å². The number of hydrogen-bond acceptors (Lipinski definition) is 9. The minimum absolute atomic E-state index is 0.0266. The smallest absolute Gasteiger partial charge is 0.526 e. The van der Waals surface area contributed by atoms with Crippen molar-refractivity contribution in [1.82, 2.24) is 0 Å².